The Labute approximate surface area is 358 Å². The van der Waals surface area contributed by atoms with Crippen LogP contribution in [0, 0.1) is 5.92 Å². The van der Waals surface area contributed by atoms with Crippen LogP contribution in [0.15, 0.2) is 194 Å². The second-order valence-electron chi connectivity index (χ2n) is 15.5. The molecule has 4 heteroatoms. The van der Waals surface area contributed by atoms with E-state index in [0.29, 0.717) is 6.42 Å². The maximum absolute atomic E-state index is 10.3. The number of hydrogen-bond acceptors (Lipinski definition) is 2. The molecule has 0 amide bonds. The number of rotatable bonds is 9. The number of hydrogen-bond donors (Lipinski definition) is 2. The normalized spacial score (nSPS) is 11.5. The van der Waals surface area contributed by atoms with Crippen LogP contribution in [-0.4, -0.2) is 22.2 Å². The van der Waals surface area contributed by atoms with E-state index in [4.69, 9.17) is 10.2 Å². The van der Waals surface area contributed by atoms with Gasteiger partial charge >= 0.3 is 11.9 Å². The quantitative estimate of drug-likeness (QED) is 0.143. The zero-order chi connectivity index (χ0) is 42.1. The summed E-state index contributed by atoms with van der Waals surface area (Å²) in [4.78, 5) is 20.5. The summed E-state index contributed by atoms with van der Waals surface area (Å²) in [5.74, 6) is -3.72. The van der Waals surface area contributed by atoms with Gasteiger partial charge in [-0.2, -0.15) is 0 Å². The van der Waals surface area contributed by atoms with Crippen molar-refractivity contribution >= 4 is 11.9 Å². The van der Waals surface area contributed by atoms with Gasteiger partial charge in [0.2, 0.25) is 0 Å². The highest BCUT2D eigenvalue weighted by Crippen LogP contribution is 2.47. The summed E-state index contributed by atoms with van der Waals surface area (Å²) < 4.78 is 0. The van der Waals surface area contributed by atoms with Gasteiger partial charge in [0.25, 0.3) is 0 Å². The Morgan fingerprint density at radius 3 is 1.10 bits per heavy atom. The molecule has 0 atom stereocenters. The highest BCUT2D eigenvalue weighted by atomic mass is 16.4. The first-order valence-electron chi connectivity index (χ1n) is 21.1. The van der Waals surface area contributed by atoms with E-state index in [1.807, 2.05) is 6.92 Å². The van der Waals surface area contributed by atoms with Crippen molar-refractivity contribution in [1.29, 1.82) is 0 Å². The Morgan fingerprint density at radius 1 is 0.410 bits per heavy atom. The molecule has 10 rings (SSSR count). The molecule has 0 aliphatic heterocycles. The van der Waals surface area contributed by atoms with Crippen LogP contribution in [0.5, 0.6) is 0 Å². The number of aliphatic carboxylic acids is 2. The topological polar surface area (TPSA) is 74.6 Å². The van der Waals surface area contributed by atoms with Gasteiger partial charge < -0.3 is 10.2 Å². The lowest BCUT2D eigenvalue weighted by molar-refractivity contribution is -0.154. The van der Waals surface area contributed by atoms with E-state index in [1.54, 1.807) is 0 Å². The predicted molar refractivity (Wildman–Crippen MR) is 249 cm³/mol. The Kier molecular flexibility index (Phi) is 12.4. The maximum Gasteiger partial charge on any atom is 0.317 e. The van der Waals surface area contributed by atoms with E-state index in [-0.39, 0.29) is 6.42 Å². The second kappa shape index (κ2) is 18.7. The zero-order valence-corrected chi connectivity index (χ0v) is 34.3. The van der Waals surface area contributed by atoms with Gasteiger partial charge in [0.05, 0.1) is 0 Å². The Hall–Kier alpha value is -7.30. The van der Waals surface area contributed by atoms with Crippen LogP contribution in [0.3, 0.4) is 0 Å². The summed E-state index contributed by atoms with van der Waals surface area (Å²) >= 11 is 0. The van der Waals surface area contributed by atoms with Gasteiger partial charge in [-0.15, -0.1) is 0 Å². The van der Waals surface area contributed by atoms with Crippen molar-refractivity contribution in [3.05, 3.63) is 216 Å². The zero-order valence-electron chi connectivity index (χ0n) is 34.3. The molecule has 300 valence electrons. The van der Waals surface area contributed by atoms with E-state index >= 15 is 0 Å². The molecule has 61 heavy (non-hydrogen) atoms. The Morgan fingerprint density at radius 2 is 0.738 bits per heavy atom. The third-order valence-corrected chi connectivity index (χ3v) is 11.7. The first-order chi connectivity index (χ1) is 29.9. The predicted octanol–water partition coefficient (Wildman–Crippen LogP) is 14.1. The van der Waals surface area contributed by atoms with E-state index < -0.39 is 17.9 Å². The largest absolute Gasteiger partial charge is 0.481 e. The monoisotopic (exact) mass is 796 g/mol. The van der Waals surface area contributed by atoms with Crippen LogP contribution < -0.4 is 0 Å². The summed E-state index contributed by atoms with van der Waals surface area (Å²) in [5, 5.41) is 16.8. The minimum absolute atomic E-state index is 0.223. The van der Waals surface area contributed by atoms with Gasteiger partial charge in [0.1, 0.15) is 0 Å². The molecule has 0 radical (unpaired) electrons. The molecule has 8 aromatic rings. The number of fused-ring (bicyclic) bond motifs is 6. The molecule has 2 aliphatic carbocycles. The van der Waals surface area contributed by atoms with Crippen molar-refractivity contribution in [2.45, 2.75) is 39.0 Å². The molecular weight excluding hydrogens is 749 g/mol. The van der Waals surface area contributed by atoms with Crippen LogP contribution in [0.25, 0.3) is 66.8 Å². The van der Waals surface area contributed by atoms with Crippen molar-refractivity contribution in [3.8, 4) is 66.8 Å². The van der Waals surface area contributed by atoms with Gasteiger partial charge in [0, 0.05) is 0 Å². The lowest BCUT2D eigenvalue weighted by Gasteiger charge is -2.16. The lowest BCUT2D eigenvalue weighted by Crippen LogP contribution is -2.22. The fourth-order valence-electron chi connectivity index (χ4n) is 8.77. The molecule has 2 N–H and O–H groups in total. The number of benzene rings is 8. The molecule has 4 nitrogen and oxygen atoms in total. The maximum atomic E-state index is 10.3. The van der Waals surface area contributed by atoms with E-state index in [2.05, 4.69) is 194 Å². The third-order valence-electron chi connectivity index (χ3n) is 11.7. The first kappa shape index (κ1) is 40.5. The molecule has 0 unspecified atom stereocenters. The van der Waals surface area contributed by atoms with Gasteiger partial charge in [0.15, 0.2) is 5.92 Å². The smallest absolute Gasteiger partial charge is 0.317 e. The Balaban J connectivity index is 0.000000137. The van der Waals surface area contributed by atoms with Crippen molar-refractivity contribution < 1.29 is 19.8 Å². The number of carboxylic acid groups (broad SMARTS) is 2. The molecule has 2 aliphatic rings. The van der Waals surface area contributed by atoms with E-state index in [1.165, 1.54) is 89.0 Å². The molecule has 0 spiro atoms. The highest BCUT2D eigenvalue weighted by molar-refractivity contribution is 5.95. The van der Waals surface area contributed by atoms with Gasteiger partial charge in [-0.1, -0.05) is 214 Å². The van der Waals surface area contributed by atoms with Crippen molar-refractivity contribution in [1.82, 2.24) is 0 Å². The van der Waals surface area contributed by atoms with Gasteiger partial charge in [-0.3, -0.25) is 9.59 Å². The van der Waals surface area contributed by atoms with Gasteiger partial charge in [-0.25, -0.2) is 0 Å². The molecule has 0 aromatic heterocycles. The van der Waals surface area contributed by atoms with Crippen molar-refractivity contribution in [2.75, 3.05) is 0 Å². The summed E-state index contributed by atoms with van der Waals surface area (Å²) in [6.45, 7) is 1.89. The average Bonchev–Trinajstić information content (AvgIpc) is 3.88. The summed E-state index contributed by atoms with van der Waals surface area (Å²) in [6, 6.07) is 69.8. The Bertz CT molecular complexity index is 2590. The average molecular weight is 797 g/mol. The molecule has 0 saturated heterocycles. The molecule has 0 saturated carbocycles. The number of carbonyl (C=O) groups is 2. The van der Waals surface area contributed by atoms with Crippen LogP contribution in [0.2, 0.25) is 0 Å². The molecule has 0 heterocycles. The van der Waals surface area contributed by atoms with Crippen LogP contribution in [0.4, 0.5) is 0 Å². The van der Waals surface area contributed by atoms with Crippen LogP contribution >= 0.6 is 0 Å². The molecule has 0 fully saturated rings. The van der Waals surface area contributed by atoms with Gasteiger partial charge in [-0.05, 0) is 108 Å². The fourth-order valence-corrected chi connectivity index (χ4v) is 8.77. The van der Waals surface area contributed by atoms with Crippen molar-refractivity contribution in [2.24, 2.45) is 5.92 Å². The number of carboxylic acids is 2. The fraction of sp³-hybridized carbons (Fsp3) is 0.123. The summed E-state index contributed by atoms with van der Waals surface area (Å²) in [5.41, 5.74) is 21.8. The molecular formula is C57H48O4. The highest BCUT2D eigenvalue weighted by Gasteiger charge is 2.26. The minimum Gasteiger partial charge on any atom is -0.481 e. The van der Waals surface area contributed by atoms with E-state index in [0.717, 1.165) is 19.3 Å². The SMILES string of the molecule is CCCCC(C(=O)O)C(=O)O.c1ccc(-c2ccc3c(c2-c2ccccc2)Cc2ccccc2-3)cc1.c1ccc(-c2ccc3c(c2-c2ccccc2)Cc2ccccc2-3)cc1. The summed E-state index contributed by atoms with van der Waals surface area (Å²) in [7, 11) is 0. The van der Waals surface area contributed by atoms with Crippen LogP contribution in [0.1, 0.15) is 48.4 Å². The lowest BCUT2D eigenvalue weighted by atomic mass is 9.88. The second-order valence-corrected chi connectivity index (χ2v) is 15.5. The standard InChI is InChI=1S/2C25H18.C7H12O4/c2*1-3-9-18(10-4-1)22-15-16-23-21-14-8-7-13-20(21)17-24(23)25(22)19-11-5-2-6-12-19;1-2-3-4-5(6(8)9)7(10)11/h2*1-16H,17H2;5H,2-4H2,1H3,(H,8,9)(H,10,11). The number of unbranched alkanes of at least 4 members (excludes halogenated alkanes) is 1. The van der Waals surface area contributed by atoms with Crippen molar-refractivity contribution in [3.63, 3.8) is 0 Å². The molecule has 0 bridgehead atoms. The summed E-state index contributed by atoms with van der Waals surface area (Å²) in [6.07, 6.45) is 3.70. The molecule has 8 aromatic carbocycles. The van der Waals surface area contributed by atoms with E-state index in [9.17, 15) is 9.59 Å². The third kappa shape index (κ3) is 8.71. The van der Waals surface area contributed by atoms with Crippen LogP contribution in [-0.2, 0) is 22.4 Å². The minimum atomic E-state index is -1.24. The first-order valence-corrected chi connectivity index (χ1v) is 21.1.